The van der Waals surface area contributed by atoms with Crippen molar-refractivity contribution in [3.63, 3.8) is 0 Å². The molecule has 1 saturated heterocycles. The number of hydrogen-bond donors (Lipinski definition) is 9. The summed E-state index contributed by atoms with van der Waals surface area (Å²) in [4.78, 5) is 115. The van der Waals surface area contributed by atoms with Gasteiger partial charge < -0.3 is 56.0 Å². The number of methoxy groups -OCH3 is 1. The summed E-state index contributed by atoms with van der Waals surface area (Å²) in [5.74, 6) is -4.99. The fourth-order valence-corrected chi connectivity index (χ4v) is 10.2. The van der Waals surface area contributed by atoms with Crippen molar-refractivity contribution in [2.24, 2.45) is 17.2 Å². The number of aryl methyl sites for hydroxylation is 4. The maximum atomic E-state index is 14.0. The summed E-state index contributed by atoms with van der Waals surface area (Å²) in [6.07, 6.45) is 1.94. The molecule has 0 radical (unpaired) electrons. The molecule has 7 rings (SSSR count). The molecule has 29 nitrogen and oxygen atoms in total. The van der Waals surface area contributed by atoms with Crippen LogP contribution in [0.15, 0.2) is 48.6 Å². The van der Waals surface area contributed by atoms with Crippen molar-refractivity contribution in [2.75, 3.05) is 56.8 Å². The van der Waals surface area contributed by atoms with Crippen molar-refractivity contribution in [1.29, 1.82) is 0 Å². The number of benzene rings is 2. The van der Waals surface area contributed by atoms with Crippen LogP contribution in [0.25, 0.3) is 22.1 Å². The number of nitrogens with two attached hydrogens (primary N) is 3. The lowest BCUT2D eigenvalue weighted by molar-refractivity contribution is -0.140. The molecule has 438 valence electrons. The van der Waals surface area contributed by atoms with Crippen LogP contribution >= 0.6 is 11.8 Å². The number of likely N-dealkylation sites (N-methyl/N-ethyl adjacent to an activating group) is 1. The molecule has 2 aromatic carbocycles. The number of aromatic nitrogens is 8. The maximum Gasteiger partial charge on any atom is 0.321 e. The number of carbonyl (C=O) groups is 8. The molecule has 4 atom stereocenters. The number of nitrogens with zero attached hydrogens (tertiary/aromatic N) is 10. The zero-order valence-electron chi connectivity index (χ0n) is 46.0. The highest BCUT2D eigenvalue weighted by molar-refractivity contribution is 8.00. The van der Waals surface area contributed by atoms with Crippen molar-refractivity contribution in [3.05, 3.63) is 82.5 Å². The van der Waals surface area contributed by atoms with Crippen LogP contribution in [0.5, 0.6) is 11.5 Å². The molecule has 0 bridgehead atoms. The van der Waals surface area contributed by atoms with Gasteiger partial charge in [-0.3, -0.25) is 68.6 Å². The second kappa shape index (κ2) is 26.7. The van der Waals surface area contributed by atoms with Gasteiger partial charge in [-0.1, -0.05) is 12.2 Å². The lowest BCUT2D eigenvalue weighted by Gasteiger charge is -2.26. The van der Waals surface area contributed by atoms with E-state index < -0.39 is 77.5 Å². The summed E-state index contributed by atoms with van der Waals surface area (Å²) in [6, 6.07) is 6.60. The highest BCUT2D eigenvalue weighted by Gasteiger charge is 2.39. The highest BCUT2D eigenvalue weighted by Crippen LogP contribution is 2.34. The van der Waals surface area contributed by atoms with E-state index in [9.17, 15) is 48.6 Å². The van der Waals surface area contributed by atoms with Crippen molar-refractivity contribution >= 4 is 93.0 Å². The third-order valence-corrected chi connectivity index (χ3v) is 14.6. The van der Waals surface area contributed by atoms with Gasteiger partial charge in [0.1, 0.15) is 52.2 Å². The van der Waals surface area contributed by atoms with Gasteiger partial charge >= 0.3 is 5.97 Å². The Bertz CT molecular complexity index is 3460. The number of aliphatic hydroxyl groups is 2. The second-order valence-corrected chi connectivity index (χ2v) is 20.3. The van der Waals surface area contributed by atoms with Gasteiger partial charge in [0.05, 0.1) is 48.0 Å². The zero-order valence-corrected chi connectivity index (χ0v) is 46.8. The molecule has 1 aliphatic heterocycles. The molecule has 1 fully saturated rings. The van der Waals surface area contributed by atoms with E-state index in [2.05, 4.69) is 31.1 Å². The van der Waals surface area contributed by atoms with Crippen LogP contribution in [0.4, 0.5) is 11.9 Å². The summed E-state index contributed by atoms with van der Waals surface area (Å²) in [6.45, 7) is 7.20. The predicted molar refractivity (Wildman–Crippen MR) is 299 cm³/mol. The number of aliphatic hydroxyl groups excluding tert-OH is 2. The summed E-state index contributed by atoms with van der Waals surface area (Å²) < 4.78 is 18.4. The molecule has 12 N–H and O–H groups in total. The molecular formula is C52H66N16O13S. The molecule has 4 unspecified atom stereocenters. The van der Waals surface area contributed by atoms with Crippen molar-refractivity contribution in [3.8, 4) is 11.5 Å². The van der Waals surface area contributed by atoms with Gasteiger partial charge in [-0.25, -0.2) is 9.97 Å². The number of carboxylic acid groups (broad SMARTS) is 1. The first-order chi connectivity index (χ1) is 39.1. The minimum absolute atomic E-state index is 0.0172. The van der Waals surface area contributed by atoms with Gasteiger partial charge in [0.2, 0.25) is 41.4 Å². The van der Waals surface area contributed by atoms with E-state index in [-0.39, 0.29) is 109 Å². The van der Waals surface area contributed by atoms with Crippen LogP contribution in [0.2, 0.25) is 0 Å². The lowest BCUT2D eigenvalue weighted by atomic mass is 10.1. The minimum Gasteiger partial charge on any atom is -0.494 e. The summed E-state index contributed by atoms with van der Waals surface area (Å²) >= 11 is 0.957. The average Bonchev–Trinajstić information content (AvgIpc) is 4.44. The van der Waals surface area contributed by atoms with Gasteiger partial charge in [-0.2, -0.15) is 10.2 Å². The minimum atomic E-state index is -1.43. The number of ether oxygens (including phenoxy) is 2. The molecule has 5 heterocycles. The summed E-state index contributed by atoms with van der Waals surface area (Å²) in [7, 11) is 2.89. The fraction of sp³-hybridized carbons (Fsp3) is 0.423. The van der Waals surface area contributed by atoms with Crippen LogP contribution in [-0.2, 0) is 45.4 Å². The number of rotatable bonds is 29. The van der Waals surface area contributed by atoms with Crippen molar-refractivity contribution in [1.82, 2.24) is 53.8 Å². The van der Waals surface area contributed by atoms with E-state index in [0.717, 1.165) is 16.7 Å². The van der Waals surface area contributed by atoms with Crippen molar-refractivity contribution in [2.45, 2.75) is 96.7 Å². The topological polar surface area (TPSA) is 408 Å². The van der Waals surface area contributed by atoms with Crippen LogP contribution in [0, 0.1) is 13.8 Å². The zero-order chi connectivity index (χ0) is 59.7. The van der Waals surface area contributed by atoms with Gasteiger partial charge in [0.15, 0.2) is 0 Å². The van der Waals surface area contributed by atoms with Crippen molar-refractivity contribution < 1.29 is 63.1 Å². The molecule has 0 aliphatic carbocycles. The molecular weight excluding hydrogens is 1090 g/mol. The number of carbonyl (C=O) groups excluding carboxylic acids is 7. The first kappa shape index (κ1) is 60.9. The first-order valence-corrected chi connectivity index (χ1v) is 27.1. The van der Waals surface area contributed by atoms with E-state index in [1.807, 2.05) is 13.8 Å². The largest absolute Gasteiger partial charge is 0.494 e. The number of anilines is 2. The SMILES string of the molecule is CCn1nc(C)cc1C(=O)Nc1nc2cc(C(N)=O)cc(OC)c2n1C/C=C/Cn1c(NC(=O)c2cc(C)nn2CC)nc2cc(C(N)=O)cc(OCCCN(C)C(=O)C(CO)NC(O)CCN3C(=O)CC(SCC(N)C(=O)O)C3=O)c21. The average molecular weight is 1160 g/mol. The molecule has 0 saturated carbocycles. The first-order valence-electron chi connectivity index (χ1n) is 26.0. The van der Waals surface area contributed by atoms with E-state index in [0.29, 0.717) is 41.0 Å². The van der Waals surface area contributed by atoms with Crippen LogP contribution in [-0.4, -0.2) is 181 Å². The summed E-state index contributed by atoms with van der Waals surface area (Å²) in [5, 5.41) is 46.4. The van der Waals surface area contributed by atoms with E-state index in [4.69, 9.17) is 36.8 Å². The number of fused-ring (bicyclic) bond motifs is 2. The van der Waals surface area contributed by atoms with Gasteiger partial charge in [0.25, 0.3) is 11.8 Å². The number of hydrogen-bond acceptors (Lipinski definition) is 19. The molecule has 30 heteroatoms. The number of thioether (sulfide) groups is 1. The highest BCUT2D eigenvalue weighted by atomic mass is 32.2. The predicted octanol–water partition coefficient (Wildman–Crippen LogP) is 0.562. The second-order valence-electron chi connectivity index (χ2n) is 19.1. The van der Waals surface area contributed by atoms with Crippen LogP contribution in [0.3, 0.4) is 0 Å². The molecule has 7 amide bonds. The third-order valence-electron chi connectivity index (χ3n) is 13.2. The van der Waals surface area contributed by atoms with E-state index >= 15 is 0 Å². The normalized spacial score (nSPS) is 14.6. The number of primary amides is 2. The number of amides is 7. The number of nitrogens with one attached hydrogen (secondary N) is 3. The Labute approximate surface area is 473 Å². The maximum absolute atomic E-state index is 14.0. The van der Waals surface area contributed by atoms with E-state index in [1.165, 1.54) is 48.0 Å². The Morgan fingerprint density at radius 3 is 1.85 bits per heavy atom. The van der Waals surface area contributed by atoms with Gasteiger partial charge in [0, 0.05) is 76.0 Å². The number of carboxylic acids is 1. The monoisotopic (exact) mass is 1150 g/mol. The number of likely N-dealkylation sites (tertiary alicyclic amines) is 1. The molecule has 1 aliphatic rings. The number of aliphatic carboxylic acids is 1. The smallest absolute Gasteiger partial charge is 0.321 e. The molecule has 82 heavy (non-hydrogen) atoms. The standard InChI is InChI=1S/C52H66N16O13S/c1-7-67-35(18-27(3)61-67)46(74)59-51-57-32-20-29(44(54)72)22-37(80-6)42(32)65(51)14-9-10-15-66-43-33(58-52(66)60-47(75)36-19-28(4)62-68(36)8-2)21-30(45(55)73)23-38(43)81-17-11-13-63(5)48(76)34(25-69)56-40(70)12-16-64-41(71)24-39(49(64)77)82-26-31(53)50(78)79/h9-10,18-23,31,34,39-40,56,69-70H,7-8,11-17,24-26,53H2,1-6H3,(H2,54,72)(H2,55,73)(H,78,79)(H,57,59,74)(H,58,60,75)/b10-9+. The number of imide groups is 1. The van der Waals surface area contributed by atoms with Crippen LogP contribution in [0.1, 0.15) is 86.2 Å². The Balaban J connectivity index is 1.10. The Morgan fingerprint density at radius 2 is 1.37 bits per heavy atom. The quantitative estimate of drug-likeness (QED) is 0.0134. The molecule has 4 aromatic heterocycles. The summed E-state index contributed by atoms with van der Waals surface area (Å²) in [5.41, 5.74) is 20.2. The number of allylic oxidation sites excluding steroid dienone is 2. The molecule has 0 spiro atoms. The Kier molecular flexibility index (Phi) is 19.8. The lowest BCUT2D eigenvalue weighted by Crippen LogP contribution is -2.51. The third kappa shape index (κ3) is 13.9. The number of imidazole rings is 2. The van der Waals surface area contributed by atoms with E-state index in [1.54, 1.807) is 51.9 Å². The van der Waals surface area contributed by atoms with Gasteiger partial charge in [-0.05, 0) is 70.5 Å². The fourth-order valence-electron chi connectivity index (χ4n) is 9.12. The Hall–Kier alpha value is -8.71. The van der Waals surface area contributed by atoms with Gasteiger partial charge in [-0.15, -0.1) is 11.8 Å². The van der Waals surface area contributed by atoms with Crippen LogP contribution < -0.4 is 42.6 Å². The Morgan fingerprint density at radius 1 is 0.841 bits per heavy atom. The molecule has 6 aromatic rings.